The van der Waals surface area contributed by atoms with Crippen LogP contribution in [0.15, 0.2) is 64.4 Å². The van der Waals surface area contributed by atoms with E-state index in [2.05, 4.69) is 10.3 Å². The highest BCUT2D eigenvalue weighted by molar-refractivity contribution is 7.89. The summed E-state index contributed by atoms with van der Waals surface area (Å²) in [6.45, 7) is 4.35. The standard InChI is InChI=1S/C27H30FN5O4S/c1-3-7-24-31-22-12-14-32(17-25(34)30-13-4-2)27(35)26(22)33(24)16-19-11-10-18(15-21(19)28)20-8-5-6-9-23(20)38(29,36)37/h5-6,8-12,14-15H,3-4,7,13,16-17H2,1-2H3,(H,30,34)(H2,29,36,37). The van der Waals surface area contributed by atoms with Crippen LogP contribution in [0.3, 0.4) is 0 Å². The Morgan fingerprint density at radius 3 is 2.55 bits per heavy atom. The Balaban J connectivity index is 1.75. The van der Waals surface area contributed by atoms with Gasteiger partial charge in [-0.1, -0.05) is 44.2 Å². The number of primary sulfonamides is 1. The first kappa shape index (κ1) is 27.2. The van der Waals surface area contributed by atoms with E-state index in [0.717, 1.165) is 12.8 Å². The SMILES string of the molecule is CCCNC(=O)Cn1ccc2nc(CCC)n(Cc3ccc(-c4ccccc4S(N)(=O)=O)cc3F)c2c1=O. The summed E-state index contributed by atoms with van der Waals surface area (Å²) >= 11 is 0. The van der Waals surface area contributed by atoms with Crippen molar-refractivity contribution in [2.45, 2.75) is 51.1 Å². The summed E-state index contributed by atoms with van der Waals surface area (Å²) in [5.74, 6) is -0.198. The first-order valence-corrected chi connectivity index (χ1v) is 13.9. The Morgan fingerprint density at radius 2 is 1.87 bits per heavy atom. The topological polar surface area (TPSA) is 129 Å². The molecule has 2 aromatic heterocycles. The molecule has 11 heteroatoms. The van der Waals surface area contributed by atoms with Crippen molar-refractivity contribution >= 4 is 27.0 Å². The van der Waals surface area contributed by atoms with E-state index < -0.39 is 15.8 Å². The van der Waals surface area contributed by atoms with Gasteiger partial charge in [-0.25, -0.2) is 22.9 Å². The quantitative estimate of drug-likeness (QED) is 0.320. The molecule has 0 saturated carbocycles. The highest BCUT2D eigenvalue weighted by atomic mass is 32.2. The maximum Gasteiger partial charge on any atom is 0.277 e. The number of aryl methyl sites for hydroxylation is 1. The molecule has 3 N–H and O–H groups in total. The minimum Gasteiger partial charge on any atom is -0.355 e. The molecule has 0 aliphatic carbocycles. The molecule has 4 aromatic rings. The Labute approximate surface area is 220 Å². The van der Waals surface area contributed by atoms with Gasteiger partial charge in [0.15, 0.2) is 0 Å². The van der Waals surface area contributed by atoms with Gasteiger partial charge in [0.2, 0.25) is 15.9 Å². The van der Waals surface area contributed by atoms with Gasteiger partial charge < -0.3 is 14.5 Å². The third-order valence-electron chi connectivity index (χ3n) is 6.20. The molecule has 2 heterocycles. The summed E-state index contributed by atoms with van der Waals surface area (Å²) in [7, 11) is -4.01. The average molecular weight is 540 g/mol. The van der Waals surface area contributed by atoms with Gasteiger partial charge in [0.05, 0.1) is 17.0 Å². The van der Waals surface area contributed by atoms with Gasteiger partial charge in [-0.05, 0) is 36.6 Å². The third kappa shape index (κ3) is 5.68. The van der Waals surface area contributed by atoms with Gasteiger partial charge in [0.1, 0.15) is 23.7 Å². The molecule has 0 spiro atoms. The zero-order valence-electron chi connectivity index (χ0n) is 21.3. The number of nitrogens with one attached hydrogen (secondary N) is 1. The minimum atomic E-state index is -4.01. The lowest BCUT2D eigenvalue weighted by atomic mass is 10.0. The smallest absolute Gasteiger partial charge is 0.277 e. The second-order valence-electron chi connectivity index (χ2n) is 9.04. The number of hydrogen-bond acceptors (Lipinski definition) is 5. The van der Waals surface area contributed by atoms with Crippen LogP contribution in [0.2, 0.25) is 0 Å². The number of halogens is 1. The molecule has 0 atom stereocenters. The van der Waals surface area contributed by atoms with Gasteiger partial charge in [0.25, 0.3) is 5.56 Å². The van der Waals surface area contributed by atoms with Crippen molar-refractivity contribution in [3.63, 3.8) is 0 Å². The molecule has 4 rings (SSSR count). The van der Waals surface area contributed by atoms with Crippen LogP contribution in [-0.4, -0.2) is 35.0 Å². The summed E-state index contributed by atoms with van der Waals surface area (Å²) < 4.78 is 42.4. The number of carbonyl (C=O) groups is 1. The zero-order valence-corrected chi connectivity index (χ0v) is 22.1. The number of imidazole rings is 1. The number of benzene rings is 2. The van der Waals surface area contributed by atoms with E-state index in [4.69, 9.17) is 5.14 Å². The van der Waals surface area contributed by atoms with Gasteiger partial charge in [0, 0.05) is 30.3 Å². The molecule has 9 nitrogen and oxygen atoms in total. The van der Waals surface area contributed by atoms with Crippen LogP contribution in [0.5, 0.6) is 0 Å². The number of nitrogens with zero attached hydrogens (tertiary/aromatic N) is 3. The van der Waals surface area contributed by atoms with Crippen molar-refractivity contribution in [2.24, 2.45) is 5.14 Å². The lowest BCUT2D eigenvalue weighted by molar-refractivity contribution is -0.121. The largest absolute Gasteiger partial charge is 0.355 e. The second kappa shape index (κ2) is 11.3. The molecule has 0 aliphatic heterocycles. The van der Waals surface area contributed by atoms with Crippen molar-refractivity contribution < 1.29 is 17.6 Å². The average Bonchev–Trinajstić information content (AvgIpc) is 3.23. The minimum absolute atomic E-state index is 0.0378. The normalized spacial score (nSPS) is 11.7. The van der Waals surface area contributed by atoms with Gasteiger partial charge in [-0.3, -0.25) is 9.59 Å². The lowest BCUT2D eigenvalue weighted by Crippen LogP contribution is -2.33. The molecular formula is C27H30FN5O4S. The number of sulfonamides is 1. The number of amides is 1. The van der Waals surface area contributed by atoms with Crippen molar-refractivity contribution in [3.8, 4) is 11.1 Å². The first-order valence-electron chi connectivity index (χ1n) is 12.4. The van der Waals surface area contributed by atoms with Crippen LogP contribution in [0.1, 0.15) is 38.1 Å². The molecule has 0 bridgehead atoms. The molecule has 2 aromatic carbocycles. The van der Waals surface area contributed by atoms with Crippen molar-refractivity contribution in [3.05, 3.63) is 82.3 Å². The molecule has 0 saturated heterocycles. The van der Waals surface area contributed by atoms with Crippen LogP contribution in [0.25, 0.3) is 22.2 Å². The van der Waals surface area contributed by atoms with E-state index in [1.807, 2.05) is 13.8 Å². The van der Waals surface area contributed by atoms with Crippen molar-refractivity contribution in [1.29, 1.82) is 0 Å². The van der Waals surface area contributed by atoms with Crippen molar-refractivity contribution in [2.75, 3.05) is 6.54 Å². The van der Waals surface area contributed by atoms with Gasteiger partial charge in [-0.15, -0.1) is 0 Å². The van der Waals surface area contributed by atoms with E-state index in [1.165, 1.54) is 16.7 Å². The Morgan fingerprint density at radius 1 is 1.11 bits per heavy atom. The number of fused-ring (bicyclic) bond motifs is 1. The van der Waals surface area contributed by atoms with Crippen LogP contribution in [0, 0.1) is 5.82 Å². The molecule has 200 valence electrons. The highest BCUT2D eigenvalue weighted by Crippen LogP contribution is 2.28. The van der Waals surface area contributed by atoms with Crippen LogP contribution >= 0.6 is 0 Å². The first-order chi connectivity index (χ1) is 18.1. The fourth-order valence-corrected chi connectivity index (χ4v) is 5.14. The Hall–Kier alpha value is -3.83. The molecule has 0 aliphatic rings. The molecule has 0 radical (unpaired) electrons. The number of aromatic nitrogens is 3. The summed E-state index contributed by atoms with van der Waals surface area (Å²) in [4.78, 5) is 30.1. The van der Waals surface area contributed by atoms with Crippen LogP contribution in [-0.2, 0) is 34.3 Å². The summed E-state index contributed by atoms with van der Waals surface area (Å²) in [6, 6.07) is 12.3. The van der Waals surface area contributed by atoms with E-state index in [-0.39, 0.29) is 29.5 Å². The Bertz CT molecular complexity index is 1660. The van der Waals surface area contributed by atoms with Crippen LogP contribution < -0.4 is 16.0 Å². The second-order valence-corrected chi connectivity index (χ2v) is 10.6. The highest BCUT2D eigenvalue weighted by Gasteiger charge is 2.19. The Kier molecular flexibility index (Phi) is 8.08. The fraction of sp³-hybridized carbons (Fsp3) is 0.296. The maximum atomic E-state index is 15.4. The molecular weight excluding hydrogens is 509 g/mol. The summed E-state index contributed by atoms with van der Waals surface area (Å²) in [5.41, 5.74) is 1.34. The molecule has 1 amide bonds. The predicted molar refractivity (Wildman–Crippen MR) is 144 cm³/mol. The van der Waals surface area contributed by atoms with Crippen LogP contribution in [0.4, 0.5) is 4.39 Å². The van der Waals surface area contributed by atoms with Gasteiger partial charge >= 0.3 is 0 Å². The number of rotatable bonds is 10. The van der Waals surface area contributed by atoms with E-state index in [1.54, 1.807) is 47.2 Å². The number of pyridine rings is 1. The summed E-state index contributed by atoms with van der Waals surface area (Å²) in [5, 5.41) is 8.10. The zero-order chi connectivity index (χ0) is 27.4. The lowest BCUT2D eigenvalue weighted by Gasteiger charge is -2.13. The number of hydrogen-bond donors (Lipinski definition) is 2. The van der Waals surface area contributed by atoms with Gasteiger partial charge in [-0.2, -0.15) is 0 Å². The fourth-order valence-electron chi connectivity index (χ4n) is 4.38. The molecule has 0 unspecified atom stereocenters. The predicted octanol–water partition coefficient (Wildman–Crippen LogP) is 3.18. The molecule has 0 fully saturated rings. The number of nitrogens with two attached hydrogens (primary N) is 1. The van der Waals surface area contributed by atoms with E-state index in [0.29, 0.717) is 46.5 Å². The number of carbonyl (C=O) groups excluding carboxylic acids is 1. The molecule has 38 heavy (non-hydrogen) atoms. The summed E-state index contributed by atoms with van der Waals surface area (Å²) in [6.07, 6.45) is 3.67. The maximum absolute atomic E-state index is 15.4. The third-order valence-corrected chi connectivity index (χ3v) is 7.16. The van der Waals surface area contributed by atoms with E-state index in [9.17, 15) is 18.0 Å². The van der Waals surface area contributed by atoms with E-state index >= 15 is 4.39 Å². The van der Waals surface area contributed by atoms with Crippen molar-refractivity contribution in [1.82, 2.24) is 19.4 Å². The monoisotopic (exact) mass is 539 g/mol.